The summed E-state index contributed by atoms with van der Waals surface area (Å²) in [6.45, 7) is 7.68. The monoisotopic (exact) mass is 293 g/mol. The van der Waals surface area contributed by atoms with Crippen molar-refractivity contribution in [1.82, 2.24) is 10.1 Å². The van der Waals surface area contributed by atoms with E-state index in [2.05, 4.69) is 10.1 Å². The van der Waals surface area contributed by atoms with Crippen LogP contribution < -0.4 is 5.73 Å². The van der Waals surface area contributed by atoms with Crippen LogP contribution >= 0.6 is 0 Å². The van der Waals surface area contributed by atoms with E-state index in [1.165, 1.54) is 12.1 Å². The van der Waals surface area contributed by atoms with Crippen molar-refractivity contribution in [2.75, 3.05) is 6.61 Å². The van der Waals surface area contributed by atoms with Crippen LogP contribution in [0.15, 0.2) is 22.7 Å². The van der Waals surface area contributed by atoms with E-state index in [1.54, 1.807) is 19.9 Å². The molecule has 1 atom stereocenters. The van der Waals surface area contributed by atoms with Crippen LogP contribution in [0.4, 0.5) is 4.39 Å². The maximum absolute atomic E-state index is 13.4. The highest BCUT2D eigenvalue weighted by Crippen LogP contribution is 2.23. The molecule has 0 fully saturated rings. The van der Waals surface area contributed by atoms with Gasteiger partial charge in [0.2, 0.25) is 0 Å². The van der Waals surface area contributed by atoms with Gasteiger partial charge in [-0.05, 0) is 51.5 Å². The Bertz CT molecular complexity index is 603. The molecule has 6 heteroatoms. The molecule has 0 saturated heterocycles. The van der Waals surface area contributed by atoms with E-state index in [4.69, 9.17) is 15.0 Å². The number of aryl methyl sites for hydroxylation is 1. The zero-order valence-corrected chi connectivity index (χ0v) is 12.7. The number of benzene rings is 1. The Kier molecular flexibility index (Phi) is 4.39. The second kappa shape index (κ2) is 5.91. The summed E-state index contributed by atoms with van der Waals surface area (Å²) in [7, 11) is 0. The number of hydrogen-bond donors (Lipinski definition) is 1. The molecule has 0 radical (unpaired) electrons. The molecule has 21 heavy (non-hydrogen) atoms. The summed E-state index contributed by atoms with van der Waals surface area (Å²) >= 11 is 0. The Morgan fingerprint density at radius 2 is 2.10 bits per heavy atom. The molecule has 2 N–H and O–H groups in total. The summed E-state index contributed by atoms with van der Waals surface area (Å²) in [5.41, 5.74) is 6.60. The van der Waals surface area contributed by atoms with Crippen molar-refractivity contribution in [3.8, 4) is 11.5 Å². The summed E-state index contributed by atoms with van der Waals surface area (Å²) in [6.07, 6.45) is 0.0603. The average Bonchev–Trinajstić information content (AvgIpc) is 2.85. The van der Waals surface area contributed by atoms with Crippen molar-refractivity contribution < 1.29 is 13.7 Å². The fourth-order valence-electron chi connectivity index (χ4n) is 1.84. The highest BCUT2D eigenvalue weighted by Gasteiger charge is 2.28. The first-order valence-electron chi connectivity index (χ1n) is 6.80. The lowest BCUT2D eigenvalue weighted by Gasteiger charge is -2.21. The Hall–Kier alpha value is -1.79. The van der Waals surface area contributed by atoms with Gasteiger partial charge in [-0.3, -0.25) is 0 Å². The van der Waals surface area contributed by atoms with Crippen LogP contribution in [0.25, 0.3) is 11.5 Å². The highest BCUT2D eigenvalue weighted by atomic mass is 19.1. The molecule has 0 amide bonds. The second-order valence-corrected chi connectivity index (χ2v) is 5.72. The Morgan fingerprint density at radius 3 is 2.71 bits per heavy atom. The van der Waals surface area contributed by atoms with Gasteiger partial charge < -0.3 is 15.0 Å². The third-order valence-corrected chi connectivity index (χ3v) is 2.94. The maximum Gasteiger partial charge on any atom is 0.258 e. The van der Waals surface area contributed by atoms with E-state index in [0.29, 0.717) is 11.4 Å². The number of rotatable bonds is 5. The molecule has 0 saturated carbocycles. The van der Waals surface area contributed by atoms with E-state index in [1.807, 2.05) is 13.8 Å². The van der Waals surface area contributed by atoms with Crippen molar-refractivity contribution in [2.45, 2.75) is 39.3 Å². The van der Waals surface area contributed by atoms with Crippen molar-refractivity contribution >= 4 is 0 Å². The normalized spacial score (nSPS) is 14.4. The van der Waals surface area contributed by atoms with Crippen LogP contribution in [0, 0.1) is 12.7 Å². The van der Waals surface area contributed by atoms with Crippen LogP contribution in [-0.4, -0.2) is 22.9 Å². The molecule has 114 valence electrons. The molecule has 2 aromatic rings. The number of nitrogens with two attached hydrogens (primary N) is 1. The van der Waals surface area contributed by atoms with E-state index in [0.717, 1.165) is 5.56 Å². The van der Waals surface area contributed by atoms with E-state index < -0.39 is 5.54 Å². The van der Waals surface area contributed by atoms with Gasteiger partial charge in [0.05, 0.1) is 12.7 Å². The summed E-state index contributed by atoms with van der Waals surface area (Å²) in [6, 6.07) is 4.56. The molecule has 2 rings (SSSR count). The minimum atomic E-state index is -0.867. The minimum Gasteiger partial charge on any atom is -0.376 e. The van der Waals surface area contributed by atoms with Crippen LogP contribution in [0.2, 0.25) is 0 Å². The van der Waals surface area contributed by atoms with Crippen molar-refractivity contribution in [3.63, 3.8) is 0 Å². The molecule has 0 aliphatic rings. The van der Waals surface area contributed by atoms with Gasteiger partial charge in [0.25, 0.3) is 5.89 Å². The topological polar surface area (TPSA) is 74.2 Å². The highest BCUT2D eigenvalue weighted by molar-refractivity contribution is 5.54. The molecule has 0 bridgehead atoms. The zero-order valence-electron chi connectivity index (χ0n) is 12.7. The van der Waals surface area contributed by atoms with Crippen LogP contribution in [-0.2, 0) is 10.3 Å². The fourth-order valence-corrected chi connectivity index (χ4v) is 1.84. The third kappa shape index (κ3) is 3.86. The molecule has 0 spiro atoms. The van der Waals surface area contributed by atoms with Crippen molar-refractivity contribution in [3.05, 3.63) is 35.4 Å². The predicted molar refractivity (Wildman–Crippen MR) is 77.1 cm³/mol. The standard InChI is InChI=1S/C15H20FN3O2/c1-9(2)20-8-15(4,17)14-18-13(21-19-14)11-5-10(3)6-12(16)7-11/h5-7,9H,8,17H2,1-4H3. The predicted octanol–water partition coefficient (Wildman–Crippen LogP) is 2.78. The summed E-state index contributed by atoms with van der Waals surface area (Å²) in [5.74, 6) is 0.234. The van der Waals surface area contributed by atoms with Gasteiger partial charge >= 0.3 is 0 Å². The third-order valence-electron chi connectivity index (χ3n) is 2.94. The Balaban J connectivity index is 2.24. The van der Waals surface area contributed by atoms with Crippen LogP contribution in [0.3, 0.4) is 0 Å². The molecule has 1 unspecified atom stereocenters. The van der Waals surface area contributed by atoms with Crippen molar-refractivity contribution in [2.24, 2.45) is 5.73 Å². The minimum absolute atomic E-state index is 0.0603. The molecule has 1 aromatic heterocycles. The Labute approximate surface area is 123 Å². The lowest BCUT2D eigenvalue weighted by atomic mass is 10.0. The first kappa shape index (κ1) is 15.6. The van der Waals surface area contributed by atoms with E-state index in [-0.39, 0.29) is 24.4 Å². The van der Waals surface area contributed by atoms with Gasteiger partial charge in [-0.1, -0.05) is 5.16 Å². The lowest BCUT2D eigenvalue weighted by molar-refractivity contribution is 0.0410. The number of aromatic nitrogens is 2. The largest absolute Gasteiger partial charge is 0.376 e. The summed E-state index contributed by atoms with van der Waals surface area (Å²) in [4.78, 5) is 4.26. The first-order valence-corrected chi connectivity index (χ1v) is 6.80. The fraction of sp³-hybridized carbons (Fsp3) is 0.467. The zero-order chi connectivity index (χ0) is 15.6. The summed E-state index contributed by atoms with van der Waals surface area (Å²) in [5, 5.41) is 3.89. The summed E-state index contributed by atoms with van der Waals surface area (Å²) < 4.78 is 24.1. The van der Waals surface area contributed by atoms with Gasteiger partial charge in [0.1, 0.15) is 11.4 Å². The van der Waals surface area contributed by atoms with Crippen molar-refractivity contribution in [1.29, 1.82) is 0 Å². The van der Waals surface area contributed by atoms with Gasteiger partial charge in [-0.2, -0.15) is 4.98 Å². The van der Waals surface area contributed by atoms with E-state index in [9.17, 15) is 4.39 Å². The maximum atomic E-state index is 13.4. The molecular weight excluding hydrogens is 273 g/mol. The van der Waals surface area contributed by atoms with Gasteiger partial charge in [-0.25, -0.2) is 4.39 Å². The number of ether oxygens (including phenoxy) is 1. The quantitative estimate of drug-likeness (QED) is 0.917. The lowest BCUT2D eigenvalue weighted by Crippen LogP contribution is -2.40. The molecule has 1 aromatic carbocycles. The van der Waals surface area contributed by atoms with Gasteiger partial charge in [0, 0.05) is 5.56 Å². The smallest absolute Gasteiger partial charge is 0.258 e. The second-order valence-electron chi connectivity index (χ2n) is 5.72. The molecule has 5 nitrogen and oxygen atoms in total. The number of hydrogen-bond acceptors (Lipinski definition) is 5. The van der Waals surface area contributed by atoms with Crippen LogP contribution in [0.1, 0.15) is 32.2 Å². The number of nitrogens with zero attached hydrogens (tertiary/aromatic N) is 2. The SMILES string of the molecule is Cc1cc(F)cc(-c2nc(C(C)(N)COC(C)C)no2)c1. The van der Waals surface area contributed by atoms with Gasteiger partial charge in [-0.15, -0.1) is 0 Å². The molecule has 0 aliphatic heterocycles. The molecule has 0 aliphatic carbocycles. The molecular formula is C15H20FN3O2. The Morgan fingerprint density at radius 1 is 1.38 bits per heavy atom. The van der Waals surface area contributed by atoms with E-state index >= 15 is 0 Å². The average molecular weight is 293 g/mol. The van der Waals surface area contributed by atoms with Gasteiger partial charge in [0.15, 0.2) is 5.82 Å². The molecule has 1 heterocycles. The number of halogens is 1. The first-order chi connectivity index (χ1) is 9.78. The van der Waals surface area contributed by atoms with Crippen LogP contribution in [0.5, 0.6) is 0 Å².